The first-order valence-electron chi connectivity index (χ1n) is 5.63. The molecule has 2 heteroatoms. The van der Waals surface area contributed by atoms with Gasteiger partial charge in [-0.25, -0.2) is 0 Å². The van der Waals surface area contributed by atoms with E-state index in [0.29, 0.717) is 0 Å². The molecule has 0 saturated carbocycles. The molecule has 2 nitrogen and oxygen atoms in total. The van der Waals surface area contributed by atoms with Crippen molar-refractivity contribution < 1.29 is 4.74 Å². The number of para-hydroxylation sites is 1. The third kappa shape index (κ3) is 2.11. The third-order valence-electron chi connectivity index (χ3n) is 2.89. The number of hydrogen-bond donors (Lipinski definition) is 1. The summed E-state index contributed by atoms with van der Waals surface area (Å²) in [6, 6.07) is 12.1. The van der Waals surface area contributed by atoms with Gasteiger partial charge in [0.05, 0.1) is 7.11 Å². The molecule has 0 saturated heterocycles. The van der Waals surface area contributed by atoms with Crippen LogP contribution >= 0.6 is 0 Å². The molecule has 2 aromatic carbocycles. The van der Waals surface area contributed by atoms with Gasteiger partial charge in [0.15, 0.2) is 0 Å². The van der Waals surface area contributed by atoms with Gasteiger partial charge in [-0.05, 0) is 37.1 Å². The van der Waals surface area contributed by atoms with Crippen molar-refractivity contribution in [3.05, 3.63) is 47.5 Å². The molecule has 0 aromatic heterocycles. The van der Waals surface area contributed by atoms with Crippen molar-refractivity contribution in [2.75, 3.05) is 12.8 Å². The minimum absolute atomic E-state index is 0.798. The molecule has 2 rings (SSSR count). The molecular weight excluding hydrogens is 210 g/mol. The van der Waals surface area contributed by atoms with Crippen LogP contribution in [0, 0.1) is 13.8 Å². The molecule has 0 fully saturated rings. The highest BCUT2D eigenvalue weighted by Gasteiger charge is 2.11. The summed E-state index contributed by atoms with van der Waals surface area (Å²) in [6.07, 6.45) is 0. The first-order valence-corrected chi connectivity index (χ1v) is 5.63. The molecule has 2 aromatic rings. The third-order valence-corrected chi connectivity index (χ3v) is 2.89. The van der Waals surface area contributed by atoms with Crippen LogP contribution in [0.4, 0.5) is 5.69 Å². The minimum Gasteiger partial charge on any atom is -0.496 e. The van der Waals surface area contributed by atoms with Crippen LogP contribution in [0.15, 0.2) is 36.4 Å². The summed E-state index contributed by atoms with van der Waals surface area (Å²) in [5.74, 6) is 0.853. The summed E-state index contributed by atoms with van der Waals surface area (Å²) in [5, 5.41) is 0. The van der Waals surface area contributed by atoms with Crippen molar-refractivity contribution in [2.45, 2.75) is 13.8 Å². The molecule has 0 atom stereocenters. The molecule has 0 unspecified atom stereocenters. The fraction of sp³-hybridized carbons (Fsp3) is 0.200. The van der Waals surface area contributed by atoms with Gasteiger partial charge in [0.2, 0.25) is 0 Å². The summed E-state index contributed by atoms with van der Waals surface area (Å²) in [6.45, 7) is 4.13. The van der Waals surface area contributed by atoms with Crippen LogP contribution in [0.2, 0.25) is 0 Å². The highest BCUT2D eigenvalue weighted by atomic mass is 16.5. The van der Waals surface area contributed by atoms with E-state index in [2.05, 4.69) is 19.9 Å². The smallest absolute Gasteiger partial charge is 0.126 e. The van der Waals surface area contributed by atoms with E-state index in [0.717, 1.165) is 22.6 Å². The number of ether oxygens (including phenoxy) is 1. The summed E-state index contributed by atoms with van der Waals surface area (Å²) in [4.78, 5) is 0. The van der Waals surface area contributed by atoms with Crippen LogP contribution in [0.3, 0.4) is 0 Å². The van der Waals surface area contributed by atoms with E-state index < -0.39 is 0 Å². The van der Waals surface area contributed by atoms with Gasteiger partial charge < -0.3 is 10.5 Å². The van der Waals surface area contributed by atoms with E-state index in [9.17, 15) is 0 Å². The van der Waals surface area contributed by atoms with Crippen LogP contribution in [0.1, 0.15) is 11.1 Å². The van der Waals surface area contributed by atoms with Gasteiger partial charge in [0.1, 0.15) is 5.75 Å². The fourth-order valence-corrected chi connectivity index (χ4v) is 2.22. The van der Waals surface area contributed by atoms with Gasteiger partial charge >= 0.3 is 0 Å². The zero-order valence-electron chi connectivity index (χ0n) is 10.4. The lowest BCUT2D eigenvalue weighted by Gasteiger charge is -2.14. The molecular formula is C15H17NO. The number of aryl methyl sites for hydroxylation is 2. The predicted octanol–water partition coefficient (Wildman–Crippen LogP) is 3.56. The van der Waals surface area contributed by atoms with Gasteiger partial charge in [-0.3, -0.25) is 0 Å². The monoisotopic (exact) mass is 227 g/mol. The average Bonchev–Trinajstić information content (AvgIpc) is 2.28. The quantitative estimate of drug-likeness (QED) is 0.796. The van der Waals surface area contributed by atoms with Crippen molar-refractivity contribution in [1.82, 2.24) is 0 Å². The lowest BCUT2D eigenvalue weighted by atomic mass is 9.96. The maximum atomic E-state index is 6.12. The maximum Gasteiger partial charge on any atom is 0.126 e. The SMILES string of the molecule is COc1ccccc1-c1c(C)cc(C)cc1N. The summed E-state index contributed by atoms with van der Waals surface area (Å²) >= 11 is 0. The molecule has 0 radical (unpaired) electrons. The highest BCUT2D eigenvalue weighted by molar-refractivity contribution is 5.83. The second-order valence-electron chi connectivity index (χ2n) is 4.25. The Morgan fingerprint density at radius 1 is 1.06 bits per heavy atom. The van der Waals surface area contributed by atoms with E-state index in [-0.39, 0.29) is 0 Å². The number of methoxy groups -OCH3 is 1. The van der Waals surface area contributed by atoms with Gasteiger partial charge in [-0.15, -0.1) is 0 Å². The van der Waals surface area contributed by atoms with Crippen LogP contribution < -0.4 is 10.5 Å². The standard InChI is InChI=1S/C15H17NO/c1-10-8-11(2)15(13(16)9-10)12-6-4-5-7-14(12)17-3/h4-9H,16H2,1-3H3. The Balaban J connectivity index is 2.68. The largest absolute Gasteiger partial charge is 0.496 e. The zero-order chi connectivity index (χ0) is 12.4. The van der Waals surface area contributed by atoms with Crippen molar-refractivity contribution in [3.8, 4) is 16.9 Å². The van der Waals surface area contributed by atoms with E-state index >= 15 is 0 Å². The lowest BCUT2D eigenvalue weighted by Crippen LogP contribution is -1.96. The summed E-state index contributed by atoms with van der Waals surface area (Å²) in [5.41, 5.74) is 11.4. The summed E-state index contributed by atoms with van der Waals surface area (Å²) < 4.78 is 5.38. The van der Waals surface area contributed by atoms with Crippen LogP contribution in [-0.4, -0.2) is 7.11 Å². The Morgan fingerprint density at radius 3 is 2.41 bits per heavy atom. The van der Waals surface area contributed by atoms with E-state index in [4.69, 9.17) is 10.5 Å². The van der Waals surface area contributed by atoms with E-state index in [1.165, 1.54) is 11.1 Å². The Bertz CT molecular complexity index is 523. The van der Waals surface area contributed by atoms with Crippen LogP contribution in [-0.2, 0) is 0 Å². The summed E-state index contributed by atoms with van der Waals surface area (Å²) in [7, 11) is 1.68. The first-order chi connectivity index (χ1) is 8.13. The topological polar surface area (TPSA) is 35.2 Å². The molecule has 88 valence electrons. The van der Waals surface area contributed by atoms with Crippen molar-refractivity contribution >= 4 is 5.69 Å². The zero-order valence-corrected chi connectivity index (χ0v) is 10.4. The van der Waals surface area contributed by atoms with Crippen LogP contribution in [0.25, 0.3) is 11.1 Å². The number of benzene rings is 2. The Morgan fingerprint density at radius 2 is 1.76 bits per heavy atom. The van der Waals surface area contributed by atoms with Gasteiger partial charge in [0, 0.05) is 16.8 Å². The Labute approximate surface area is 102 Å². The maximum absolute atomic E-state index is 6.12. The van der Waals surface area contributed by atoms with Crippen molar-refractivity contribution in [3.63, 3.8) is 0 Å². The van der Waals surface area contributed by atoms with Gasteiger partial charge in [0.25, 0.3) is 0 Å². The minimum atomic E-state index is 0.798. The molecule has 17 heavy (non-hydrogen) atoms. The van der Waals surface area contributed by atoms with Crippen molar-refractivity contribution in [2.24, 2.45) is 0 Å². The van der Waals surface area contributed by atoms with Gasteiger partial charge in [-0.2, -0.15) is 0 Å². The molecule has 0 aliphatic rings. The molecule has 0 bridgehead atoms. The number of nitrogens with two attached hydrogens (primary N) is 1. The molecule has 0 aliphatic heterocycles. The number of nitrogen functional groups attached to an aromatic ring is 1. The first kappa shape index (κ1) is 11.5. The second kappa shape index (κ2) is 4.50. The number of anilines is 1. The molecule has 2 N–H and O–H groups in total. The van der Waals surface area contributed by atoms with E-state index in [1.807, 2.05) is 30.3 Å². The lowest BCUT2D eigenvalue weighted by molar-refractivity contribution is 0.416. The van der Waals surface area contributed by atoms with Gasteiger partial charge in [-0.1, -0.05) is 24.3 Å². The number of rotatable bonds is 2. The Kier molecular flexibility index (Phi) is 3.05. The molecule has 0 amide bonds. The predicted molar refractivity (Wildman–Crippen MR) is 72.3 cm³/mol. The van der Waals surface area contributed by atoms with Crippen LogP contribution in [0.5, 0.6) is 5.75 Å². The Hall–Kier alpha value is -1.96. The average molecular weight is 227 g/mol. The van der Waals surface area contributed by atoms with E-state index in [1.54, 1.807) is 7.11 Å². The number of hydrogen-bond acceptors (Lipinski definition) is 2. The normalized spacial score (nSPS) is 10.3. The fourth-order valence-electron chi connectivity index (χ4n) is 2.22. The molecule has 0 heterocycles. The molecule has 0 spiro atoms. The molecule has 0 aliphatic carbocycles. The highest BCUT2D eigenvalue weighted by Crippen LogP contribution is 2.36. The second-order valence-corrected chi connectivity index (χ2v) is 4.25. The van der Waals surface area contributed by atoms with Crippen molar-refractivity contribution in [1.29, 1.82) is 0 Å².